The fraction of sp³-hybridized carbons (Fsp3) is 0.552. The van der Waals surface area contributed by atoms with Gasteiger partial charge in [-0.25, -0.2) is 9.18 Å². The van der Waals surface area contributed by atoms with E-state index in [4.69, 9.17) is 9.47 Å². The van der Waals surface area contributed by atoms with Crippen LogP contribution < -0.4 is 4.90 Å². The summed E-state index contributed by atoms with van der Waals surface area (Å²) < 4.78 is 27.1. The van der Waals surface area contributed by atoms with Crippen LogP contribution in [0.3, 0.4) is 0 Å². The molecule has 1 unspecified atom stereocenters. The zero-order valence-corrected chi connectivity index (χ0v) is 22.7. The van der Waals surface area contributed by atoms with Crippen LogP contribution in [-0.4, -0.2) is 67.9 Å². The average Bonchev–Trinajstić information content (AvgIpc) is 2.81. The minimum Gasteiger partial charge on any atom is -0.444 e. The average molecular weight is 500 g/mol. The number of anilines is 1. The van der Waals surface area contributed by atoms with Gasteiger partial charge in [0.05, 0.1) is 18.4 Å². The normalized spacial score (nSPS) is 15.5. The second-order valence-electron chi connectivity index (χ2n) is 10.9. The molecule has 198 valence electrons. The summed E-state index contributed by atoms with van der Waals surface area (Å²) in [6.07, 6.45) is -0.552. The lowest BCUT2D eigenvalue weighted by molar-refractivity contribution is 0.0109. The third-order valence-electron chi connectivity index (χ3n) is 6.24. The number of carbonyl (C=O) groups is 1. The summed E-state index contributed by atoms with van der Waals surface area (Å²) in [6.45, 7) is 14.0. The Morgan fingerprint density at radius 2 is 1.69 bits per heavy atom. The third-order valence-corrected chi connectivity index (χ3v) is 6.24. The van der Waals surface area contributed by atoms with Crippen molar-refractivity contribution in [3.8, 4) is 0 Å². The van der Waals surface area contributed by atoms with Gasteiger partial charge < -0.3 is 19.3 Å². The molecule has 1 amide bonds. The quantitative estimate of drug-likeness (QED) is 0.441. The molecule has 1 saturated heterocycles. The maximum atomic E-state index is 15.2. The van der Waals surface area contributed by atoms with Crippen LogP contribution in [0.15, 0.2) is 48.5 Å². The Labute approximate surface area is 216 Å². The first-order valence-electron chi connectivity index (χ1n) is 12.9. The fourth-order valence-corrected chi connectivity index (χ4v) is 4.49. The monoisotopic (exact) mass is 499 g/mol. The Bertz CT molecular complexity index is 969. The van der Waals surface area contributed by atoms with Crippen LogP contribution in [0.5, 0.6) is 0 Å². The molecule has 36 heavy (non-hydrogen) atoms. The minimum absolute atomic E-state index is 0.174. The highest BCUT2D eigenvalue weighted by molar-refractivity contribution is 5.69. The predicted molar refractivity (Wildman–Crippen MR) is 143 cm³/mol. The van der Waals surface area contributed by atoms with E-state index in [0.717, 1.165) is 18.7 Å². The molecule has 1 atom stereocenters. The van der Waals surface area contributed by atoms with Crippen LogP contribution in [0.2, 0.25) is 0 Å². The zero-order chi connectivity index (χ0) is 26.3. The number of para-hydroxylation sites is 1. The molecule has 0 N–H and O–H groups in total. The van der Waals surface area contributed by atoms with E-state index in [-0.39, 0.29) is 23.9 Å². The topological polar surface area (TPSA) is 45.2 Å². The van der Waals surface area contributed by atoms with Gasteiger partial charge in [-0.2, -0.15) is 0 Å². The first-order valence-corrected chi connectivity index (χ1v) is 12.9. The largest absolute Gasteiger partial charge is 0.444 e. The molecule has 0 spiro atoms. The molecule has 0 saturated carbocycles. The van der Waals surface area contributed by atoms with Gasteiger partial charge in [0.1, 0.15) is 11.4 Å². The molecule has 1 heterocycles. The second-order valence-corrected chi connectivity index (χ2v) is 10.9. The molecule has 2 aromatic carbocycles. The highest BCUT2D eigenvalue weighted by Crippen LogP contribution is 2.36. The molecule has 2 aromatic rings. The van der Waals surface area contributed by atoms with E-state index < -0.39 is 5.60 Å². The molecule has 1 aliphatic rings. The Hall–Kier alpha value is -2.64. The molecule has 0 bridgehead atoms. The summed E-state index contributed by atoms with van der Waals surface area (Å²) >= 11 is 0. The lowest BCUT2D eigenvalue weighted by Gasteiger charge is -2.38. The van der Waals surface area contributed by atoms with Gasteiger partial charge in [0, 0.05) is 44.8 Å². The van der Waals surface area contributed by atoms with Crippen LogP contribution in [-0.2, 0) is 16.0 Å². The predicted octanol–water partition coefficient (Wildman–Crippen LogP) is 5.73. The van der Waals surface area contributed by atoms with Crippen molar-refractivity contribution in [3.63, 3.8) is 0 Å². The van der Waals surface area contributed by atoms with Gasteiger partial charge in [0.25, 0.3) is 0 Å². The highest BCUT2D eigenvalue weighted by atomic mass is 19.1. The maximum absolute atomic E-state index is 15.2. The summed E-state index contributed by atoms with van der Waals surface area (Å²) in [7, 11) is 2.08. The van der Waals surface area contributed by atoms with Gasteiger partial charge in [-0.1, -0.05) is 56.3 Å². The smallest absolute Gasteiger partial charge is 0.410 e. The molecule has 0 radical (unpaired) electrons. The maximum Gasteiger partial charge on any atom is 0.410 e. The van der Waals surface area contributed by atoms with Crippen molar-refractivity contribution in [2.45, 2.75) is 52.9 Å². The van der Waals surface area contributed by atoms with Crippen LogP contribution in [0.4, 0.5) is 14.9 Å². The molecule has 1 fully saturated rings. The number of likely N-dealkylation sites (N-methyl/N-ethyl adjacent to an activating group) is 1. The summed E-state index contributed by atoms with van der Waals surface area (Å²) in [5, 5.41) is 0. The van der Waals surface area contributed by atoms with Crippen LogP contribution in [0.25, 0.3) is 0 Å². The summed E-state index contributed by atoms with van der Waals surface area (Å²) in [4.78, 5) is 18.4. The van der Waals surface area contributed by atoms with E-state index >= 15 is 4.39 Å². The van der Waals surface area contributed by atoms with E-state index in [0.29, 0.717) is 38.5 Å². The fourth-order valence-electron chi connectivity index (χ4n) is 4.49. The summed E-state index contributed by atoms with van der Waals surface area (Å²) in [5.41, 5.74) is 2.17. The lowest BCUT2D eigenvalue weighted by atomic mass is 9.96. The first-order chi connectivity index (χ1) is 17.0. The van der Waals surface area contributed by atoms with Crippen LogP contribution in [0.1, 0.15) is 51.8 Å². The molecule has 7 heteroatoms. The van der Waals surface area contributed by atoms with Gasteiger partial charge >= 0.3 is 6.09 Å². The second kappa shape index (κ2) is 12.5. The van der Waals surface area contributed by atoms with Crippen LogP contribution in [0, 0.1) is 11.7 Å². The SMILES string of the molecule is CC(C)C(OCCN(C)Cc1ccccc1)c1cccc(F)c1N1CCN(C(=O)OC(C)(C)C)CC1. The van der Waals surface area contributed by atoms with Gasteiger partial charge in [0.15, 0.2) is 0 Å². The van der Waals surface area contributed by atoms with Crippen molar-refractivity contribution >= 4 is 11.8 Å². The number of hydrogen-bond donors (Lipinski definition) is 0. The number of hydrogen-bond acceptors (Lipinski definition) is 5. The van der Waals surface area contributed by atoms with Crippen molar-refractivity contribution in [3.05, 3.63) is 65.5 Å². The van der Waals surface area contributed by atoms with Gasteiger partial charge in [-0.3, -0.25) is 4.90 Å². The number of carbonyl (C=O) groups excluding carboxylic acids is 1. The molecule has 0 aromatic heterocycles. The Balaban J connectivity index is 1.65. The molecular weight excluding hydrogens is 457 g/mol. The van der Waals surface area contributed by atoms with E-state index in [1.165, 1.54) is 11.6 Å². The Kier molecular flexibility index (Phi) is 9.74. The summed E-state index contributed by atoms with van der Waals surface area (Å²) in [6, 6.07) is 15.6. The lowest BCUT2D eigenvalue weighted by Crippen LogP contribution is -2.50. The molecular formula is C29H42FN3O3. The number of amides is 1. The van der Waals surface area contributed by atoms with Crippen molar-refractivity contribution < 1.29 is 18.7 Å². The minimum atomic E-state index is -0.538. The highest BCUT2D eigenvalue weighted by Gasteiger charge is 2.30. The molecule has 3 rings (SSSR count). The number of ether oxygens (including phenoxy) is 2. The number of nitrogens with zero attached hydrogens (tertiary/aromatic N) is 3. The number of benzene rings is 2. The number of piperazine rings is 1. The summed E-state index contributed by atoms with van der Waals surface area (Å²) in [5.74, 6) is -0.0818. The van der Waals surface area contributed by atoms with Crippen molar-refractivity contribution in [1.29, 1.82) is 0 Å². The van der Waals surface area contributed by atoms with Crippen LogP contribution >= 0.6 is 0 Å². The van der Waals surface area contributed by atoms with E-state index in [2.05, 4.69) is 37.9 Å². The van der Waals surface area contributed by atoms with E-state index in [1.54, 1.807) is 11.0 Å². The standard InChI is InChI=1S/C29H42FN3O3/c1-22(2)27(35-20-19-31(6)21-23-11-8-7-9-12-23)24-13-10-14-25(30)26(24)32-15-17-33(18-16-32)28(34)36-29(3,4)5/h7-14,22,27H,15-21H2,1-6H3. The Morgan fingerprint density at radius 1 is 1.03 bits per heavy atom. The van der Waals surface area contributed by atoms with Gasteiger partial charge in [0.2, 0.25) is 0 Å². The third kappa shape index (κ3) is 7.93. The molecule has 1 aliphatic heterocycles. The first kappa shape index (κ1) is 27.9. The molecule has 0 aliphatic carbocycles. The van der Waals surface area contributed by atoms with Crippen molar-refractivity contribution in [2.24, 2.45) is 5.92 Å². The van der Waals surface area contributed by atoms with Gasteiger partial charge in [-0.05, 0) is 45.4 Å². The van der Waals surface area contributed by atoms with Crippen molar-refractivity contribution in [1.82, 2.24) is 9.80 Å². The number of rotatable bonds is 9. The Morgan fingerprint density at radius 3 is 2.31 bits per heavy atom. The van der Waals surface area contributed by atoms with E-state index in [1.807, 2.05) is 49.9 Å². The van der Waals surface area contributed by atoms with E-state index in [9.17, 15) is 4.79 Å². The number of halogens is 1. The van der Waals surface area contributed by atoms with Crippen molar-refractivity contribution in [2.75, 3.05) is 51.3 Å². The van der Waals surface area contributed by atoms with Gasteiger partial charge in [-0.15, -0.1) is 0 Å². The molecule has 6 nitrogen and oxygen atoms in total. The zero-order valence-electron chi connectivity index (χ0n) is 22.7.